The van der Waals surface area contributed by atoms with E-state index in [-0.39, 0.29) is 4.47 Å². The average Bonchev–Trinajstić information content (AvgIpc) is 2.35. The Kier molecular flexibility index (Phi) is 3.79. The third-order valence-corrected chi connectivity index (χ3v) is 2.93. The van der Waals surface area contributed by atoms with E-state index in [1.54, 1.807) is 0 Å². The highest BCUT2D eigenvalue weighted by Crippen LogP contribution is 2.23. The minimum Gasteiger partial charge on any atom is -0.319 e. The monoisotopic (exact) mass is 345 g/mol. The van der Waals surface area contributed by atoms with E-state index in [0.29, 0.717) is 0 Å². The molecule has 0 radical (unpaired) electrons. The molecule has 104 valence electrons. The number of amides is 1. The molecule has 0 unspecified atom stereocenters. The number of hydrogen-bond donors (Lipinski definition) is 3. The fourth-order valence-corrected chi connectivity index (χ4v) is 1.70. The zero-order valence-electron chi connectivity index (χ0n) is 9.59. The van der Waals surface area contributed by atoms with E-state index < -0.39 is 40.0 Å². The fourth-order valence-electron chi connectivity index (χ4n) is 1.39. The van der Waals surface area contributed by atoms with E-state index in [0.717, 1.165) is 18.3 Å². The Morgan fingerprint density at radius 3 is 2.55 bits per heavy atom. The molecule has 0 fully saturated rings. The molecule has 2 rings (SSSR count). The van der Waals surface area contributed by atoms with Crippen LogP contribution >= 0.6 is 15.9 Å². The minimum atomic E-state index is -0.983. The summed E-state index contributed by atoms with van der Waals surface area (Å²) in [5.41, 5.74) is -2.59. The van der Waals surface area contributed by atoms with Gasteiger partial charge in [-0.1, -0.05) is 0 Å². The quantitative estimate of drug-likeness (QED) is 0.717. The highest BCUT2D eigenvalue weighted by molar-refractivity contribution is 9.10. The lowest BCUT2D eigenvalue weighted by Gasteiger charge is -2.06. The largest absolute Gasteiger partial charge is 0.325 e. The van der Waals surface area contributed by atoms with Crippen molar-refractivity contribution in [2.24, 2.45) is 0 Å². The van der Waals surface area contributed by atoms with E-state index in [4.69, 9.17) is 0 Å². The summed E-state index contributed by atoms with van der Waals surface area (Å²) < 4.78 is 26.7. The van der Waals surface area contributed by atoms with Crippen LogP contribution in [0.3, 0.4) is 0 Å². The minimum absolute atomic E-state index is 0.102. The lowest BCUT2D eigenvalue weighted by Crippen LogP contribution is -2.29. The van der Waals surface area contributed by atoms with Crippen LogP contribution in [0.4, 0.5) is 14.5 Å². The third-order valence-electron chi connectivity index (χ3n) is 2.32. The molecule has 9 heteroatoms. The van der Waals surface area contributed by atoms with Crippen LogP contribution < -0.4 is 16.6 Å². The number of carbonyl (C=O) groups excluding carboxylic acids is 1. The number of aromatic nitrogens is 2. The number of hydrogen-bond acceptors (Lipinski definition) is 3. The second-order valence-corrected chi connectivity index (χ2v) is 4.54. The van der Waals surface area contributed by atoms with Crippen molar-refractivity contribution in [3.8, 4) is 0 Å². The Hall–Kier alpha value is -2.29. The lowest BCUT2D eigenvalue weighted by atomic mass is 10.2. The van der Waals surface area contributed by atoms with Gasteiger partial charge in [0.05, 0.1) is 10.2 Å². The van der Waals surface area contributed by atoms with E-state index >= 15 is 0 Å². The van der Waals surface area contributed by atoms with Gasteiger partial charge < -0.3 is 10.3 Å². The van der Waals surface area contributed by atoms with Gasteiger partial charge in [0, 0.05) is 12.3 Å². The summed E-state index contributed by atoms with van der Waals surface area (Å²) in [6.45, 7) is 0. The van der Waals surface area contributed by atoms with E-state index in [9.17, 15) is 23.2 Å². The first-order valence-corrected chi connectivity index (χ1v) is 5.95. The van der Waals surface area contributed by atoms with Crippen molar-refractivity contribution in [2.45, 2.75) is 0 Å². The zero-order valence-corrected chi connectivity index (χ0v) is 11.2. The first kappa shape index (κ1) is 14.1. The summed E-state index contributed by atoms with van der Waals surface area (Å²) in [6, 6.07) is 1.60. The maximum Gasteiger partial charge on any atom is 0.325 e. The van der Waals surface area contributed by atoms with Crippen LogP contribution in [0.15, 0.2) is 32.4 Å². The summed E-state index contributed by atoms with van der Waals surface area (Å²) in [5, 5.41) is 2.04. The maximum atomic E-state index is 13.5. The molecule has 0 saturated heterocycles. The molecule has 3 N–H and O–H groups in total. The van der Waals surface area contributed by atoms with Gasteiger partial charge in [0.15, 0.2) is 0 Å². The van der Waals surface area contributed by atoms with Gasteiger partial charge in [0.25, 0.3) is 11.5 Å². The van der Waals surface area contributed by atoms with Crippen LogP contribution in [0.25, 0.3) is 0 Å². The second kappa shape index (κ2) is 5.37. The zero-order chi connectivity index (χ0) is 14.9. The van der Waals surface area contributed by atoms with E-state index in [1.807, 2.05) is 10.3 Å². The first-order chi connectivity index (χ1) is 9.38. The number of H-pyrrole nitrogens is 2. The van der Waals surface area contributed by atoms with E-state index in [1.165, 1.54) is 0 Å². The standard InChI is InChI=1S/C11H6BrF2N3O3/c12-5-1-7(14)8(2-6(5)13)16-9(18)4-3-15-11(20)17-10(4)19/h1-3H,(H,16,18)(H2,15,17,19,20). The molecule has 20 heavy (non-hydrogen) atoms. The molecule has 0 aliphatic heterocycles. The van der Waals surface area contributed by atoms with Crippen LogP contribution in [-0.4, -0.2) is 15.9 Å². The molecule has 1 aromatic carbocycles. The molecule has 0 aliphatic carbocycles. The normalized spacial score (nSPS) is 10.3. The van der Waals surface area contributed by atoms with Gasteiger partial charge in [-0.05, 0) is 22.0 Å². The Morgan fingerprint density at radius 1 is 1.20 bits per heavy atom. The highest BCUT2D eigenvalue weighted by Gasteiger charge is 2.15. The van der Waals surface area contributed by atoms with Crippen LogP contribution in [0.1, 0.15) is 10.4 Å². The number of carbonyl (C=O) groups is 1. The number of aromatic amines is 2. The van der Waals surface area contributed by atoms with Gasteiger partial charge in [-0.3, -0.25) is 14.6 Å². The van der Waals surface area contributed by atoms with Gasteiger partial charge >= 0.3 is 5.69 Å². The number of halogens is 3. The summed E-state index contributed by atoms with van der Waals surface area (Å²) in [5.74, 6) is -2.65. The molecule has 1 aromatic heterocycles. The number of benzene rings is 1. The molecular formula is C11H6BrF2N3O3. The Morgan fingerprint density at radius 2 is 1.90 bits per heavy atom. The molecular weight excluding hydrogens is 340 g/mol. The molecule has 0 aliphatic rings. The molecule has 2 aromatic rings. The highest BCUT2D eigenvalue weighted by atomic mass is 79.9. The van der Waals surface area contributed by atoms with Gasteiger partial charge in [-0.25, -0.2) is 13.6 Å². The molecule has 0 bridgehead atoms. The van der Waals surface area contributed by atoms with Gasteiger partial charge in [0.1, 0.15) is 17.2 Å². The topological polar surface area (TPSA) is 94.8 Å². The maximum absolute atomic E-state index is 13.5. The summed E-state index contributed by atoms with van der Waals surface area (Å²) in [6.07, 6.45) is 0.879. The summed E-state index contributed by atoms with van der Waals surface area (Å²) in [7, 11) is 0. The van der Waals surface area contributed by atoms with E-state index in [2.05, 4.69) is 20.9 Å². The van der Waals surface area contributed by atoms with Gasteiger partial charge in [0.2, 0.25) is 0 Å². The number of rotatable bonds is 2. The number of nitrogens with one attached hydrogen (secondary N) is 3. The Bertz CT molecular complexity index is 800. The third kappa shape index (κ3) is 2.82. The summed E-state index contributed by atoms with van der Waals surface area (Å²) in [4.78, 5) is 37.8. The SMILES string of the molecule is O=C(Nc1cc(F)c(Br)cc1F)c1c[nH]c(=O)[nH]c1=O. The Labute approximate surface area is 118 Å². The average molecular weight is 346 g/mol. The van der Waals surface area contributed by atoms with Gasteiger partial charge in [-0.2, -0.15) is 0 Å². The van der Waals surface area contributed by atoms with Crippen molar-refractivity contribution in [2.75, 3.05) is 5.32 Å². The second-order valence-electron chi connectivity index (χ2n) is 3.69. The molecule has 1 amide bonds. The molecule has 0 spiro atoms. The van der Waals surface area contributed by atoms with Crippen molar-refractivity contribution in [1.82, 2.24) is 9.97 Å². The van der Waals surface area contributed by atoms with Crippen LogP contribution in [-0.2, 0) is 0 Å². The lowest BCUT2D eigenvalue weighted by molar-refractivity contribution is 0.102. The Balaban J connectivity index is 2.35. The summed E-state index contributed by atoms with van der Waals surface area (Å²) >= 11 is 2.79. The first-order valence-electron chi connectivity index (χ1n) is 5.16. The predicted molar refractivity (Wildman–Crippen MR) is 69.7 cm³/mol. The van der Waals surface area contributed by atoms with Gasteiger partial charge in [-0.15, -0.1) is 0 Å². The molecule has 1 heterocycles. The van der Waals surface area contributed by atoms with Crippen molar-refractivity contribution < 1.29 is 13.6 Å². The van der Waals surface area contributed by atoms with Crippen LogP contribution in [0.5, 0.6) is 0 Å². The van der Waals surface area contributed by atoms with Crippen molar-refractivity contribution in [3.05, 3.63) is 60.8 Å². The molecule has 0 atom stereocenters. The smallest absolute Gasteiger partial charge is 0.319 e. The predicted octanol–water partition coefficient (Wildman–Crippen LogP) is 1.36. The molecule has 6 nitrogen and oxygen atoms in total. The van der Waals surface area contributed by atoms with Crippen molar-refractivity contribution >= 4 is 27.5 Å². The van der Waals surface area contributed by atoms with Crippen LogP contribution in [0.2, 0.25) is 0 Å². The van der Waals surface area contributed by atoms with Crippen molar-refractivity contribution in [1.29, 1.82) is 0 Å². The number of anilines is 1. The fraction of sp³-hybridized carbons (Fsp3) is 0. The van der Waals surface area contributed by atoms with Crippen LogP contribution in [0, 0.1) is 11.6 Å². The molecule has 0 saturated carbocycles. The van der Waals surface area contributed by atoms with Crippen molar-refractivity contribution in [3.63, 3.8) is 0 Å².